The molecule has 0 atom stereocenters. The van der Waals surface area contributed by atoms with Crippen molar-refractivity contribution in [3.63, 3.8) is 0 Å². The Morgan fingerprint density at radius 3 is 2.60 bits per heavy atom. The van der Waals surface area contributed by atoms with Crippen molar-refractivity contribution in [2.45, 2.75) is 39.7 Å². The molecule has 1 aromatic heterocycles. The molecule has 0 aromatic carbocycles. The molecule has 0 unspecified atom stereocenters. The molecule has 1 saturated carbocycles. The molecule has 7 nitrogen and oxygen atoms in total. The number of aryl methyl sites for hydroxylation is 2. The Labute approximate surface area is 117 Å². The Bertz CT molecular complexity index is 557. The zero-order valence-corrected chi connectivity index (χ0v) is 12.1. The van der Waals surface area contributed by atoms with E-state index in [1.54, 1.807) is 4.68 Å². The SMILES string of the molecule is Cc1nn(C)c(C)c1CNC(=O)C1(C(N)=NO)CCC1. The van der Waals surface area contributed by atoms with Gasteiger partial charge in [0.05, 0.1) is 5.69 Å². The first-order valence-electron chi connectivity index (χ1n) is 6.68. The average molecular weight is 279 g/mol. The van der Waals surface area contributed by atoms with Crippen LogP contribution in [0.15, 0.2) is 5.16 Å². The number of carbonyl (C=O) groups excluding carboxylic acids is 1. The molecule has 110 valence electrons. The maximum atomic E-state index is 12.3. The first kappa shape index (κ1) is 14.4. The fraction of sp³-hybridized carbons (Fsp3) is 0.615. The summed E-state index contributed by atoms with van der Waals surface area (Å²) in [7, 11) is 1.87. The van der Waals surface area contributed by atoms with Gasteiger partial charge in [-0.15, -0.1) is 0 Å². The van der Waals surface area contributed by atoms with E-state index in [1.165, 1.54) is 0 Å². The van der Waals surface area contributed by atoms with E-state index in [4.69, 9.17) is 10.9 Å². The standard InChI is InChI=1S/C13H21N5O2/c1-8-10(9(2)18(3)16-8)7-15-12(19)13(5-4-6-13)11(14)17-20/h20H,4-7H2,1-3H3,(H2,14,17)(H,15,19). The lowest BCUT2D eigenvalue weighted by Crippen LogP contribution is -2.53. The summed E-state index contributed by atoms with van der Waals surface area (Å²) in [5.41, 5.74) is 7.77. The lowest BCUT2D eigenvalue weighted by atomic mass is 9.67. The maximum Gasteiger partial charge on any atom is 0.234 e. The van der Waals surface area contributed by atoms with Gasteiger partial charge in [-0.3, -0.25) is 9.48 Å². The van der Waals surface area contributed by atoms with Gasteiger partial charge in [-0.1, -0.05) is 11.6 Å². The molecule has 20 heavy (non-hydrogen) atoms. The summed E-state index contributed by atoms with van der Waals surface area (Å²) in [5.74, 6) is -0.178. The molecule has 0 spiro atoms. The Hall–Kier alpha value is -2.05. The van der Waals surface area contributed by atoms with Gasteiger partial charge < -0.3 is 16.3 Å². The lowest BCUT2D eigenvalue weighted by molar-refractivity contribution is -0.131. The van der Waals surface area contributed by atoms with Gasteiger partial charge in [0.2, 0.25) is 5.91 Å². The van der Waals surface area contributed by atoms with Gasteiger partial charge in [0.15, 0.2) is 5.84 Å². The minimum atomic E-state index is -0.835. The molecule has 0 radical (unpaired) electrons. The number of nitrogens with zero attached hydrogens (tertiary/aromatic N) is 3. The second-order valence-electron chi connectivity index (χ2n) is 5.38. The molecule has 1 amide bonds. The molecule has 1 aromatic rings. The summed E-state index contributed by atoms with van der Waals surface area (Å²) in [4.78, 5) is 12.3. The van der Waals surface area contributed by atoms with Crippen LogP contribution in [0.1, 0.15) is 36.2 Å². The van der Waals surface area contributed by atoms with Crippen LogP contribution < -0.4 is 11.1 Å². The van der Waals surface area contributed by atoms with Crippen molar-refractivity contribution in [3.8, 4) is 0 Å². The number of amidine groups is 1. The summed E-state index contributed by atoms with van der Waals surface area (Å²) < 4.78 is 1.79. The van der Waals surface area contributed by atoms with Crippen LogP contribution in [0.2, 0.25) is 0 Å². The van der Waals surface area contributed by atoms with Gasteiger partial charge in [-0.25, -0.2) is 0 Å². The third-order valence-corrected chi connectivity index (χ3v) is 4.32. The van der Waals surface area contributed by atoms with E-state index in [-0.39, 0.29) is 11.7 Å². The molecule has 1 aliphatic rings. The number of hydrogen-bond donors (Lipinski definition) is 3. The average Bonchev–Trinajstić information content (AvgIpc) is 2.59. The summed E-state index contributed by atoms with van der Waals surface area (Å²) >= 11 is 0. The zero-order chi connectivity index (χ0) is 14.9. The summed E-state index contributed by atoms with van der Waals surface area (Å²) in [6.45, 7) is 4.28. The van der Waals surface area contributed by atoms with Crippen molar-refractivity contribution in [2.75, 3.05) is 0 Å². The van der Waals surface area contributed by atoms with Crippen molar-refractivity contribution >= 4 is 11.7 Å². The molecule has 1 heterocycles. The monoisotopic (exact) mass is 279 g/mol. The summed E-state index contributed by atoms with van der Waals surface area (Å²) in [6.07, 6.45) is 2.16. The predicted molar refractivity (Wildman–Crippen MR) is 74.2 cm³/mol. The van der Waals surface area contributed by atoms with Gasteiger partial charge >= 0.3 is 0 Å². The largest absolute Gasteiger partial charge is 0.409 e. The number of amides is 1. The molecular formula is C13H21N5O2. The second kappa shape index (κ2) is 5.15. The normalized spacial score (nSPS) is 17.6. The number of hydrogen-bond acceptors (Lipinski definition) is 4. The topological polar surface area (TPSA) is 106 Å². The minimum Gasteiger partial charge on any atom is -0.409 e. The van der Waals surface area contributed by atoms with Crippen LogP contribution in [0.3, 0.4) is 0 Å². The number of nitrogens with two attached hydrogens (primary N) is 1. The van der Waals surface area contributed by atoms with Crippen molar-refractivity contribution in [3.05, 3.63) is 17.0 Å². The second-order valence-corrected chi connectivity index (χ2v) is 5.38. The Balaban J connectivity index is 2.09. The van der Waals surface area contributed by atoms with Gasteiger partial charge in [0, 0.05) is 24.8 Å². The first-order chi connectivity index (χ1) is 9.42. The number of aromatic nitrogens is 2. The number of rotatable bonds is 4. The van der Waals surface area contributed by atoms with E-state index in [1.807, 2.05) is 20.9 Å². The fourth-order valence-corrected chi connectivity index (χ4v) is 2.64. The molecule has 1 fully saturated rings. The Kier molecular flexibility index (Phi) is 3.69. The van der Waals surface area contributed by atoms with Gasteiger partial charge in [0.1, 0.15) is 5.41 Å². The maximum absolute atomic E-state index is 12.3. The molecule has 2 rings (SSSR count). The van der Waals surface area contributed by atoms with E-state index >= 15 is 0 Å². The quantitative estimate of drug-likeness (QED) is 0.324. The van der Waals surface area contributed by atoms with Crippen molar-refractivity contribution < 1.29 is 10.0 Å². The van der Waals surface area contributed by atoms with Crippen LogP contribution in [-0.2, 0) is 18.4 Å². The van der Waals surface area contributed by atoms with Gasteiger partial charge in [0.25, 0.3) is 0 Å². The molecule has 0 aliphatic heterocycles. The number of oxime groups is 1. The van der Waals surface area contributed by atoms with Gasteiger partial charge in [-0.05, 0) is 26.7 Å². The first-order valence-corrected chi connectivity index (χ1v) is 6.68. The van der Waals surface area contributed by atoms with E-state index in [0.717, 1.165) is 23.4 Å². The highest BCUT2D eigenvalue weighted by Crippen LogP contribution is 2.41. The van der Waals surface area contributed by atoms with Crippen LogP contribution in [0.25, 0.3) is 0 Å². The van der Waals surface area contributed by atoms with Crippen LogP contribution in [0.4, 0.5) is 0 Å². The highest BCUT2D eigenvalue weighted by Gasteiger charge is 2.48. The molecule has 7 heteroatoms. The minimum absolute atomic E-state index is 0.000815. The number of carbonyl (C=O) groups is 1. The molecule has 0 bridgehead atoms. The van der Waals surface area contributed by atoms with Crippen LogP contribution in [-0.4, -0.2) is 26.7 Å². The summed E-state index contributed by atoms with van der Waals surface area (Å²) in [5, 5.41) is 19.0. The number of nitrogens with one attached hydrogen (secondary N) is 1. The highest BCUT2D eigenvalue weighted by molar-refractivity contribution is 6.07. The van der Waals surface area contributed by atoms with Crippen molar-refractivity contribution in [1.29, 1.82) is 0 Å². The molecule has 4 N–H and O–H groups in total. The van der Waals surface area contributed by atoms with E-state index < -0.39 is 5.41 Å². The third-order valence-electron chi connectivity index (χ3n) is 4.32. The van der Waals surface area contributed by atoms with Crippen LogP contribution in [0, 0.1) is 19.3 Å². The molecule has 1 aliphatic carbocycles. The zero-order valence-electron chi connectivity index (χ0n) is 12.1. The third kappa shape index (κ3) is 2.13. The van der Waals surface area contributed by atoms with E-state index in [0.29, 0.717) is 19.4 Å². The fourth-order valence-electron chi connectivity index (χ4n) is 2.64. The summed E-state index contributed by atoms with van der Waals surface area (Å²) in [6, 6.07) is 0. The van der Waals surface area contributed by atoms with Crippen LogP contribution in [0.5, 0.6) is 0 Å². The van der Waals surface area contributed by atoms with Gasteiger partial charge in [-0.2, -0.15) is 5.10 Å². The molecular weight excluding hydrogens is 258 g/mol. The highest BCUT2D eigenvalue weighted by atomic mass is 16.4. The van der Waals surface area contributed by atoms with Crippen molar-refractivity contribution in [1.82, 2.24) is 15.1 Å². The predicted octanol–water partition coefficient (Wildman–Crippen LogP) is 0.570. The van der Waals surface area contributed by atoms with E-state index in [2.05, 4.69) is 15.6 Å². The lowest BCUT2D eigenvalue weighted by Gasteiger charge is -2.38. The van der Waals surface area contributed by atoms with Crippen LogP contribution >= 0.6 is 0 Å². The smallest absolute Gasteiger partial charge is 0.234 e. The Morgan fingerprint density at radius 2 is 2.20 bits per heavy atom. The van der Waals surface area contributed by atoms with Crippen molar-refractivity contribution in [2.24, 2.45) is 23.4 Å². The Morgan fingerprint density at radius 1 is 1.55 bits per heavy atom. The molecule has 0 saturated heterocycles. The van der Waals surface area contributed by atoms with E-state index in [9.17, 15) is 4.79 Å².